The molecule has 0 nitrogen and oxygen atoms in total. The maximum Gasteiger partial charge on any atom is 0.162 e. The Hall–Kier alpha value is -0.920. The molecule has 0 aliphatic heterocycles. The smallest absolute Gasteiger partial charge is 0.162 e. The van der Waals surface area contributed by atoms with Gasteiger partial charge in [-0.3, -0.25) is 0 Å². The van der Waals surface area contributed by atoms with Crippen LogP contribution in [0.5, 0.6) is 0 Å². The number of benzene rings is 1. The minimum Gasteiger partial charge on any atom is -0.204 e. The minimum absolute atomic E-state index is 0.223. The van der Waals surface area contributed by atoms with Crippen molar-refractivity contribution in [3.63, 3.8) is 0 Å². The Kier molecular flexibility index (Phi) is 9.06. The van der Waals surface area contributed by atoms with E-state index in [2.05, 4.69) is 6.92 Å². The standard InChI is InChI=1S/C30H46F2/c1-2-3-4-5-7-22-10-12-23(13-11-22)14-15-24-16-17-26-21-27(19-18-25(26)20-24)28-8-6-9-29(31)30(28)32/h6,8-9,22-27H,2-5,7,10-21H2,1H3. The van der Waals surface area contributed by atoms with Gasteiger partial charge < -0.3 is 0 Å². The second-order valence-electron chi connectivity index (χ2n) is 11.7. The van der Waals surface area contributed by atoms with Crippen molar-refractivity contribution in [2.45, 2.75) is 122 Å². The molecule has 0 heterocycles. The van der Waals surface area contributed by atoms with Crippen LogP contribution in [0.2, 0.25) is 0 Å². The molecule has 0 amide bonds. The summed E-state index contributed by atoms with van der Waals surface area (Å²) in [5, 5.41) is 0. The predicted octanol–water partition coefficient (Wildman–Crippen LogP) is 9.82. The maximum atomic E-state index is 14.3. The minimum atomic E-state index is -0.682. The molecule has 3 aliphatic rings. The van der Waals surface area contributed by atoms with E-state index >= 15 is 0 Å². The fourth-order valence-corrected chi connectivity index (χ4v) is 7.51. The molecule has 0 radical (unpaired) electrons. The van der Waals surface area contributed by atoms with Gasteiger partial charge in [0.2, 0.25) is 0 Å². The van der Waals surface area contributed by atoms with Crippen LogP contribution in [-0.4, -0.2) is 0 Å². The van der Waals surface area contributed by atoms with E-state index < -0.39 is 11.6 Å². The highest BCUT2D eigenvalue weighted by molar-refractivity contribution is 5.23. The fraction of sp³-hybridized carbons (Fsp3) is 0.800. The molecule has 3 saturated carbocycles. The summed E-state index contributed by atoms with van der Waals surface area (Å²) in [6.45, 7) is 2.30. The Morgan fingerprint density at radius 3 is 2.12 bits per heavy atom. The van der Waals surface area contributed by atoms with Gasteiger partial charge in [-0.25, -0.2) is 8.78 Å². The Morgan fingerprint density at radius 2 is 1.34 bits per heavy atom. The van der Waals surface area contributed by atoms with Crippen molar-refractivity contribution in [3.05, 3.63) is 35.4 Å². The molecule has 4 rings (SSSR count). The number of hydrogen-bond acceptors (Lipinski definition) is 0. The Morgan fingerprint density at radius 1 is 0.688 bits per heavy atom. The zero-order valence-electron chi connectivity index (χ0n) is 20.5. The van der Waals surface area contributed by atoms with Gasteiger partial charge >= 0.3 is 0 Å². The first-order valence-electron chi connectivity index (χ1n) is 14.1. The lowest BCUT2D eigenvalue weighted by molar-refractivity contribution is 0.108. The van der Waals surface area contributed by atoms with Crippen molar-refractivity contribution in [1.82, 2.24) is 0 Å². The van der Waals surface area contributed by atoms with Gasteiger partial charge in [-0.15, -0.1) is 0 Å². The van der Waals surface area contributed by atoms with E-state index in [4.69, 9.17) is 0 Å². The third kappa shape index (κ3) is 6.35. The molecule has 0 saturated heterocycles. The highest BCUT2D eigenvalue weighted by Gasteiger charge is 2.37. The van der Waals surface area contributed by atoms with Crippen LogP contribution >= 0.6 is 0 Å². The lowest BCUT2D eigenvalue weighted by Gasteiger charge is -2.43. The Labute approximate surface area is 196 Å². The number of halogens is 2. The van der Waals surface area contributed by atoms with Crippen molar-refractivity contribution in [2.75, 3.05) is 0 Å². The van der Waals surface area contributed by atoms with Gasteiger partial charge in [0.25, 0.3) is 0 Å². The second kappa shape index (κ2) is 12.0. The Bertz CT molecular complexity index is 690. The molecule has 180 valence electrons. The van der Waals surface area contributed by atoms with E-state index in [0.717, 1.165) is 42.4 Å². The van der Waals surface area contributed by atoms with Crippen LogP contribution in [0.4, 0.5) is 8.78 Å². The van der Waals surface area contributed by atoms with Crippen LogP contribution in [0, 0.1) is 41.2 Å². The maximum absolute atomic E-state index is 14.3. The second-order valence-corrected chi connectivity index (χ2v) is 11.7. The van der Waals surface area contributed by atoms with Gasteiger partial charge in [0.05, 0.1) is 0 Å². The van der Waals surface area contributed by atoms with Gasteiger partial charge in [0.15, 0.2) is 11.6 Å². The third-order valence-corrected chi connectivity index (χ3v) is 9.56. The molecule has 32 heavy (non-hydrogen) atoms. The van der Waals surface area contributed by atoms with E-state index in [1.807, 2.05) is 6.07 Å². The monoisotopic (exact) mass is 444 g/mol. The summed E-state index contributed by atoms with van der Waals surface area (Å²) >= 11 is 0. The van der Waals surface area contributed by atoms with Crippen LogP contribution < -0.4 is 0 Å². The number of rotatable bonds is 9. The first kappa shape index (κ1) is 24.2. The van der Waals surface area contributed by atoms with E-state index in [1.54, 1.807) is 6.07 Å². The molecule has 0 spiro atoms. The van der Waals surface area contributed by atoms with Crippen molar-refractivity contribution in [2.24, 2.45) is 29.6 Å². The summed E-state index contributed by atoms with van der Waals surface area (Å²) < 4.78 is 28.0. The van der Waals surface area contributed by atoms with Crippen molar-refractivity contribution >= 4 is 0 Å². The van der Waals surface area contributed by atoms with Crippen molar-refractivity contribution in [3.8, 4) is 0 Å². The largest absolute Gasteiger partial charge is 0.204 e. The van der Waals surface area contributed by atoms with Crippen LogP contribution in [0.3, 0.4) is 0 Å². The molecule has 0 bridgehead atoms. The molecular weight excluding hydrogens is 398 g/mol. The third-order valence-electron chi connectivity index (χ3n) is 9.56. The Balaban J connectivity index is 1.15. The molecule has 0 N–H and O–H groups in total. The normalized spacial score (nSPS) is 33.1. The van der Waals surface area contributed by atoms with Gasteiger partial charge in [-0.2, -0.15) is 0 Å². The molecule has 1 aromatic rings. The summed E-state index contributed by atoms with van der Waals surface area (Å²) in [6, 6.07) is 4.74. The topological polar surface area (TPSA) is 0 Å². The van der Waals surface area contributed by atoms with Gasteiger partial charge in [0.1, 0.15) is 0 Å². The molecule has 4 unspecified atom stereocenters. The van der Waals surface area contributed by atoms with E-state index in [9.17, 15) is 8.78 Å². The number of fused-ring (bicyclic) bond motifs is 1. The van der Waals surface area contributed by atoms with E-state index in [0.29, 0.717) is 5.56 Å². The summed E-state index contributed by atoms with van der Waals surface area (Å²) in [5.41, 5.74) is 0.631. The van der Waals surface area contributed by atoms with Crippen molar-refractivity contribution < 1.29 is 8.78 Å². The summed E-state index contributed by atoms with van der Waals surface area (Å²) in [5.74, 6) is 3.45. The van der Waals surface area contributed by atoms with Crippen LogP contribution in [0.1, 0.15) is 128 Å². The summed E-state index contributed by atoms with van der Waals surface area (Å²) in [6.07, 6.45) is 23.4. The molecule has 2 heteroatoms. The molecular formula is C30H46F2. The van der Waals surface area contributed by atoms with Crippen LogP contribution in [-0.2, 0) is 0 Å². The molecule has 1 aromatic carbocycles. The first-order chi connectivity index (χ1) is 15.6. The molecule has 3 fully saturated rings. The van der Waals surface area contributed by atoms with E-state index in [1.165, 1.54) is 102 Å². The average Bonchev–Trinajstić information content (AvgIpc) is 2.82. The van der Waals surface area contributed by atoms with Crippen molar-refractivity contribution in [1.29, 1.82) is 0 Å². The quantitative estimate of drug-likeness (QED) is 0.332. The fourth-order valence-electron chi connectivity index (χ4n) is 7.51. The van der Waals surface area contributed by atoms with Gasteiger partial charge in [0, 0.05) is 0 Å². The van der Waals surface area contributed by atoms with Gasteiger partial charge in [-0.05, 0) is 79.2 Å². The zero-order valence-corrected chi connectivity index (χ0v) is 20.5. The molecule has 0 aromatic heterocycles. The SMILES string of the molecule is CCCCCCC1CCC(CCC2CCC3CC(c4cccc(F)c4F)CCC3C2)CC1. The molecule has 3 aliphatic carbocycles. The van der Waals surface area contributed by atoms with Crippen LogP contribution in [0.25, 0.3) is 0 Å². The first-order valence-corrected chi connectivity index (χ1v) is 14.1. The number of hydrogen-bond donors (Lipinski definition) is 0. The lowest BCUT2D eigenvalue weighted by atomic mass is 9.63. The van der Waals surface area contributed by atoms with E-state index in [-0.39, 0.29) is 5.92 Å². The zero-order chi connectivity index (χ0) is 22.3. The average molecular weight is 445 g/mol. The highest BCUT2D eigenvalue weighted by Crippen LogP contribution is 2.49. The lowest BCUT2D eigenvalue weighted by Crippen LogP contribution is -2.31. The van der Waals surface area contributed by atoms with Crippen LogP contribution in [0.15, 0.2) is 18.2 Å². The predicted molar refractivity (Wildman–Crippen MR) is 131 cm³/mol. The summed E-state index contributed by atoms with van der Waals surface area (Å²) in [4.78, 5) is 0. The molecule has 4 atom stereocenters. The highest BCUT2D eigenvalue weighted by atomic mass is 19.2. The van der Waals surface area contributed by atoms with Gasteiger partial charge in [-0.1, -0.05) is 96.1 Å². The summed E-state index contributed by atoms with van der Waals surface area (Å²) in [7, 11) is 0. The number of unbranched alkanes of at least 4 members (excludes halogenated alkanes) is 3.